The summed E-state index contributed by atoms with van der Waals surface area (Å²) in [4.78, 5) is 2.53. The average Bonchev–Trinajstić information content (AvgIpc) is 3.13. The Morgan fingerprint density at radius 3 is 2.46 bits per heavy atom. The van der Waals surface area contributed by atoms with Crippen molar-refractivity contribution in [3.05, 3.63) is 29.3 Å². The number of ether oxygens (including phenoxy) is 3. The van der Waals surface area contributed by atoms with Crippen LogP contribution in [0.4, 0.5) is 0 Å². The highest BCUT2D eigenvalue weighted by Gasteiger charge is 2.35. The maximum absolute atomic E-state index is 5.97. The molecule has 4 nitrogen and oxygen atoms in total. The van der Waals surface area contributed by atoms with Crippen LogP contribution in [0.5, 0.6) is 5.75 Å². The smallest absolute Gasteiger partial charge is 0.168 e. The van der Waals surface area contributed by atoms with E-state index in [-0.39, 0.29) is 5.79 Å². The standard InChI is InChI=1S/C22H37NO3/c1-5-7-12-22(25-16-17-26-22)13-8-14-23(6-2)15-11-20-18-21(24-4)10-9-19(20)3/h9-10,18H,5-8,11-17H2,1-4H3. The van der Waals surface area contributed by atoms with Crippen LogP contribution >= 0.6 is 0 Å². The molecule has 148 valence electrons. The number of nitrogens with zero attached hydrogens (tertiary/aromatic N) is 1. The summed E-state index contributed by atoms with van der Waals surface area (Å²) in [7, 11) is 1.73. The number of unbranched alkanes of at least 4 members (excludes halogenated alkanes) is 1. The lowest BCUT2D eigenvalue weighted by molar-refractivity contribution is -0.168. The van der Waals surface area contributed by atoms with Gasteiger partial charge in [0.1, 0.15) is 5.75 Å². The molecule has 0 spiro atoms. The van der Waals surface area contributed by atoms with E-state index in [2.05, 4.69) is 37.8 Å². The second-order valence-corrected chi connectivity index (χ2v) is 7.29. The van der Waals surface area contributed by atoms with Gasteiger partial charge in [-0.05, 0) is 62.5 Å². The van der Waals surface area contributed by atoms with Crippen molar-refractivity contribution < 1.29 is 14.2 Å². The maximum atomic E-state index is 5.97. The normalized spacial score (nSPS) is 16.3. The predicted molar refractivity (Wildman–Crippen MR) is 107 cm³/mol. The third-order valence-electron chi connectivity index (χ3n) is 5.46. The molecule has 1 aromatic rings. The number of rotatable bonds is 12. The Labute approximate surface area is 159 Å². The van der Waals surface area contributed by atoms with Crippen LogP contribution in [-0.4, -0.2) is 50.6 Å². The van der Waals surface area contributed by atoms with Crippen LogP contribution in [-0.2, 0) is 15.9 Å². The minimum Gasteiger partial charge on any atom is -0.497 e. The van der Waals surface area contributed by atoms with Crippen molar-refractivity contribution >= 4 is 0 Å². The van der Waals surface area contributed by atoms with Gasteiger partial charge in [-0.25, -0.2) is 0 Å². The van der Waals surface area contributed by atoms with E-state index >= 15 is 0 Å². The second kappa shape index (κ2) is 10.9. The molecule has 0 saturated carbocycles. The first-order valence-electron chi connectivity index (χ1n) is 10.3. The predicted octanol–water partition coefficient (Wildman–Crippen LogP) is 4.58. The Kier molecular flexibility index (Phi) is 8.89. The van der Waals surface area contributed by atoms with E-state index in [1.807, 2.05) is 6.07 Å². The molecule has 1 saturated heterocycles. The largest absolute Gasteiger partial charge is 0.497 e. The van der Waals surface area contributed by atoms with Gasteiger partial charge in [0.15, 0.2) is 5.79 Å². The monoisotopic (exact) mass is 363 g/mol. The van der Waals surface area contributed by atoms with Crippen LogP contribution in [0.2, 0.25) is 0 Å². The molecule has 1 heterocycles. The van der Waals surface area contributed by atoms with Gasteiger partial charge in [-0.15, -0.1) is 0 Å². The van der Waals surface area contributed by atoms with Gasteiger partial charge in [0.2, 0.25) is 0 Å². The molecule has 0 aliphatic carbocycles. The second-order valence-electron chi connectivity index (χ2n) is 7.29. The molecule has 0 unspecified atom stereocenters. The number of likely N-dealkylation sites (N-methyl/N-ethyl adjacent to an activating group) is 1. The number of aryl methyl sites for hydroxylation is 1. The van der Waals surface area contributed by atoms with E-state index in [1.165, 1.54) is 24.0 Å². The first-order chi connectivity index (χ1) is 12.6. The van der Waals surface area contributed by atoms with Gasteiger partial charge in [-0.2, -0.15) is 0 Å². The molecule has 0 N–H and O–H groups in total. The Hall–Kier alpha value is -1.10. The van der Waals surface area contributed by atoms with Gasteiger partial charge in [-0.1, -0.05) is 26.3 Å². The number of hydrogen-bond acceptors (Lipinski definition) is 4. The Morgan fingerprint density at radius 2 is 1.81 bits per heavy atom. The Morgan fingerprint density at radius 1 is 1.08 bits per heavy atom. The molecule has 0 bridgehead atoms. The summed E-state index contributed by atoms with van der Waals surface area (Å²) < 4.78 is 17.3. The zero-order chi connectivity index (χ0) is 18.8. The zero-order valence-corrected chi connectivity index (χ0v) is 17.2. The van der Waals surface area contributed by atoms with Crippen molar-refractivity contribution in [1.29, 1.82) is 0 Å². The van der Waals surface area contributed by atoms with Gasteiger partial charge in [-0.3, -0.25) is 0 Å². The van der Waals surface area contributed by atoms with Crippen molar-refractivity contribution in [2.75, 3.05) is 40.0 Å². The zero-order valence-electron chi connectivity index (χ0n) is 17.2. The molecule has 4 heteroatoms. The molecule has 0 aromatic heterocycles. The summed E-state index contributed by atoms with van der Waals surface area (Å²) in [6.07, 6.45) is 6.57. The summed E-state index contributed by atoms with van der Waals surface area (Å²) in [5.74, 6) is 0.640. The van der Waals surface area contributed by atoms with Crippen LogP contribution in [0.15, 0.2) is 18.2 Å². The fraction of sp³-hybridized carbons (Fsp3) is 0.727. The Bertz CT molecular complexity index is 526. The van der Waals surface area contributed by atoms with E-state index in [0.29, 0.717) is 0 Å². The van der Waals surface area contributed by atoms with Crippen LogP contribution in [0.25, 0.3) is 0 Å². The molecular weight excluding hydrogens is 326 g/mol. The lowest BCUT2D eigenvalue weighted by atomic mass is 10.0. The molecule has 1 fully saturated rings. The average molecular weight is 364 g/mol. The third kappa shape index (κ3) is 6.26. The van der Waals surface area contributed by atoms with Crippen molar-refractivity contribution in [2.45, 2.75) is 65.1 Å². The summed E-state index contributed by atoms with van der Waals surface area (Å²) in [6.45, 7) is 11.4. The molecule has 0 amide bonds. The van der Waals surface area contributed by atoms with Crippen molar-refractivity contribution in [1.82, 2.24) is 4.90 Å². The Balaban J connectivity index is 1.80. The fourth-order valence-corrected chi connectivity index (χ4v) is 3.68. The molecule has 1 aliphatic heterocycles. The van der Waals surface area contributed by atoms with E-state index < -0.39 is 0 Å². The van der Waals surface area contributed by atoms with E-state index in [4.69, 9.17) is 14.2 Å². The summed E-state index contributed by atoms with van der Waals surface area (Å²) in [5.41, 5.74) is 2.72. The van der Waals surface area contributed by atoms with E-state index in [1.54, 1.807) is 7.11 Å². The lowest BCUT2D eigenvalue weighted by Crippen LogP contribution is -2.33. The van der Waals surface area contributed by atoms with Crippen molar-refractivity contribution in [2.24, 2.45) is 0 Å². The van der Waals surface area contributed by atoms with Crippen LogP contribution in [0.3, 0.4) is 0 Å². The fourth-order valence-electron chi connectivity index (χ4n) is 3.68. The van der Waals surface area contributed by atoms with Gasteiger partial charge in [0, 0.05) is 19.4 Å². The minimum absolute atomic E-state index is 0.307. The molecule has 0 radical (unpaired) electrons. The minimum atomic E-state index is -0.307. The van der Waals surface area contributed by atoms with Gasteiger partial charge >= 0.3 is 0 Å². The SMILES string of the molecule is CCCCC1(CCCN(CC)CCc2cc(OC)ccc2C)OCCO1. The number of methoxy groups -OCH3 is 1. The van der Waals surface area contributed by atoms with Gasteiger partial charge < -0.3 is 19.1 Å². The van der Waals surface area contributed by atoms with Crippen LogP contribution in [0.1, 0.15) is 57.1 Å². The molecule has 2 rings (SSSR count). The highest BCUT2D eigenvalue weighted by Crippen LogP contribution is 2.30. The molecule has 1 aromatic carbocycles. The highest BCUT2D eigenvalue weighted by molar-refractivity contribution is 5.35. The maximum Gasteiger partial charge on any atom is 0.168 e. The van der Waals surface area contributed by atoms with Gasteiger partial charge in [0.05, 0.1) is 20.3 Å². The summed E-state index contributed by atoms with van der Waals surface area (Å²) >= 11 is 0. The highest BCUT2D eigenvalue weighted by atomic mass is 16.7. The molecule has 0 atom stereocenters. The van der Waals surface area contributed by atoms with Crippen LogP contribution in [0, 0.1) is 6.92 Å². The first kappa shape index (κ1) is 21.2. The van der Waals surface area contributed by atoms with Crippen molar-refractivity contribution in [3.63, 3.8) is 0 Å². The van der Waals surface area contributed by atoms with Gasteiger partial charge in [0.25, 0.3) is 0 Å². The topological polar surface area (TPSA) is 30.9 Å². The quantitative estimate of drug-likeness (QED) is 0.544. The van der Waals surface area contributed by atoms with E-state index in [9.17, 15) is 0 Å². The van der Waals surface area contributed by atoms with Crippen molar-refractivity contribution in [3.8, 4) is 5.75 Å². The molecular formula is C22H37NO3. The summed E-state index contributed by atoms with van der Waals surface area (Å²) in [5, 5.41) is 0. The first-order valence-corrected chi connectivity index (χ1v) is 10.3. The third-order valence-corrected chi connectivity index (χ3v) is 5.46. The number of benzene rings is 1. The van der Waals surface area contributed by atoms with E-state index in [0.717, 1.165) is 64.3 Å². The lowest BCUT2D eigenvalue weighted by Gasteiger charge is -2.29. The molecule has 1 aliphatic rings. The summed E-state index contributed by atoms with van der Waals surface area (Å²) in [6, 6.07) is 6.35. The van der Waals surface area contributed by atoms with Crippen LogP contribution < -0.4 is 4.74 Å². The molecule has 26 heavy (non-hydrogen) atoms. The number of hydrogen-bond donors (Lipinski definition) is 0.